The molecule has 0 aromatic heterocycles. The van der Waals surface area contributed by atoms with E-state index in [2.05, 4.69) is 4.84 Å². The number of amides is 1. The third-order valence-electron chi connectivity index (χ3n) is 10.3. The van der Waals surface area contributed by atoms with Crippen molar-refractivity contribution in [3.8, 4) is 0 Å². The van der Waals surface area contributed by atoms with Gasteiger partial charge in [-0.3, -0.25) is 24.8 Å². The van der Waals surface area contributed by atoms with Crippen LogP contribution in [-0.2, 0) is 33.4 Å². The predicted molar refractivity (Wildman–Crippen MR) is 151 cm³/mol. The Labute approximate surface area is 264 Å². The van der Waals surface area contributed by atoms with Crippen LogP contribution in [0.4, 0.5) is 14.0 Å². The summed E-state index contributed by atoms with van der Waals surface area (Å²) in [6.07, 6.45) is 2.97. The van der Waals surface area contributed by atoms with E-state index in [0.29, 0.717) is 37.7 Å². The highest BCUT2D eigenvalue weighted by atomic mass is 19.1. The fraction of sp³-hybridized carbons (Fsp3) is 0.700. The van der Waals surface area contributed by atoms with Gasteiger partial charge in [0.2, 0.25) is 0 Å². The van der Waals surface area contributed by atoms with Crippen LogP contribution in [0.15, 0.2) is 23.8 Å². The van der Waals surface area contributed by atoms with Gasteiger partial charge in [-0.25, -0.2) is 18.8 Å². The smallest absolute Gasteiger partial charge is 0.480 e. The molecule has 256 valence electrons. The monoisotopic (exact) mass is 656 g/mol. The van der Waals surface area contributed by atoms with Crippen LogP contribution in [0, 0.1) is 28.6 Å². The Morgan fingerprint density at radius 3 is 2.48 bits per heavy atom. The molecule has 0 aliphatic heterocycles. The molecule has 15 nitrogen and oxygen atoms in total. The molecule has 5 N–H and O–H groups in total. The third kappa shape index (κ3) is 6.95. The number of hydrogen-bond donors (Lipinski definition) is 5. The third-order valence-corrected chi connectivity index (χ3v) is 10.3. The van der Waals surface area contributed by atoms with Crippen LogP contribution >= 0.6 is 0 Å². The normalized spacial score (nSPS) is 33.6. The van der Waals surface area contributed by atoms with E-state index < -0.39 is 83.1 Å². The molecule has 0 aromatic carbocycles. The second-order valence-corrected chi connectivity index (χ2v) is 12.8. The Hall–Kier alpha value is -3.44. The Morgan fingerprint density at radius 1 is 1.07 bits per heavy atom. The maximum Gasteiger partial charge on any atom is 0.508 e. The van der Waals surface area contributed by atoms with Gasteiger partial charge in [0.25, 0.3) is 0 Å². The van der Waals surface area contributed by atoms with Gasteiger partial charge in [0, 0.05) is 17.3 Å². The number of hydrogen-bond acceptors (Lipinski definition) is 13. The van der Waals surface area contributed by atoms with E-state index in [4.69, 9.17) is 24.6 Å². The number of unbranched alkanes of at least 4 members (excludes halogenated alkanes) is 1. The minimum Gasteiger partial charge on any atom is -0.480 e. The number of nitrogens with zero attached hydrogens (tertiary/aromatic N) is 1. The van der Waals surface area contributed by atoms with Crippen LogP contribution < -0.4 is 5.32 Å². The first-order valence-electron chi connectivity index (χ1n) is 15.2. The van der Waals surface area contributed by atoms with Crippen LogP contribution in [-0.4, -0.2) is 100 Å². The summed E-state index contributed by atoms with van der Waals surface area (Å²) in [4.78, 5) is 65.4. The average Bonchev–Trinajstić information content (AvgIpc) is 3.32. The van der Waals surface area contributed by atoms with Crippen molar-refractivity contribution in [3.63, 3.8) is 0 Å². The Balaban J connectivity index is 1.28. The highest BCUT2D eigenvalue weighted by Crippen LogP contribution is 2.68. The Bertz CT molecular complexity index is 1270. The van der Waals surface area contributed by atoms with Gasteiger partial charge in [-0.15, -0.1) is 0 Å². The summed E-state index contributed by atoms with van der Waals surface area (Å²) in [5.74, 6) is -3.62. The van der Waals surface area contributed by atoms with Crippen molar-refractivity contribution in [3.05, 3.63) is 23.8 Å². The summed E-state index contributed by atoms with van der Waals surface area (Å²) in [5, 5.41) is 39.1. The van der Waals surface area contributed by atoms with E-state index in [1.54, 1.807) is 13.0 Å². The lowest BCUT2D eigenvalue weighted by Crippen LogP contribution is -2.66. The number of carboxylic acids is 1. The number of nitrogens with one attached hydrogen (secondary N) is 1. The van der Waals surface area contributed by atoms with Gasteiger partial charge in [-0.2, -0.15) is 0 Å². The second kappa shape index (κ2) is 14.1. The van der Waals surface area contributed by atoms with Crippen molar-refractivity contribution in [1.82, 2.24) is 10.7 Å². The molecule has 16 heteroatoms. The number of fused-ring (bicyclic) bond motifs is 5. The Morgan fingerprint density at radius 2 is 1.78 bits per heavy atom. The molecular weight excluding hydrogens is 615 g/mol. The number of carboxylic acid groups (broad SMARTS) is 1. The molecule has 0 heterocycles. The SMILES string of the molecule is C[C@]12C[C@H](O)C3(F)[C@@H](CCC4=CC(=O)C=C[C@@]43C)C1CCC2C(=O)COC(=O)NC(COC(=O)OCCCCON(O)O)C(=O)O. The number of alkyl carbamates (subject to hydrolysis) is 1. The van der Waals surface area contributed by atoms with Crippen molar-refractivity contribution in [2.24, 2.45) is 28.6 Å². The number of carbonyl (C=O) groups excluding carboxylic acids is 4. The van der Waals surface area contributed by atoms with E-state index >= 15 is 4.39 Å². The van der Waals surface area contributed by atoms with Gasteiger partial charge in [-0.05, 0) is 75.4 Å². The summed E-state index contributed by atoms with van der Waals surface area (Å²) < 4.78 is 31.7. The van der Waals surface area contributed by atoms with E-state index in [9.17, 15) is 34.2 Å². The molecule has 4 aliphatic carbocycles. The number of alkyl halides is 1. The number of aliphatic hydroxyl groups excluding tert-OH is 1. The maximum absolute atomic E-state index is 17.2. The number of ketones is 2. The Kier molecular flexibility index (Phi) is 10.9. The van der Waals surface area contributed by atoms with Crippen molar-refractivity contribution in [2.75, 3.05) is 26.4 Å². The first-order chi connectivity index (χ1) is 21.6. The number of aliphatic hydroxyl groups is 1. The molecule has 0 aromatic rings. The van der Waals surface area contributed by atoms with Gasteiger partial charge >= 0.3 is 18.2 Å². The van der Waals surface area contributed by atoms with Crippen molar-refractivity contribution in [2.45, 2.75) is 76.6 Å². The van der Waals surface area contributed by atoms with Crippen molar-refractivity contribution >= 4 is 29.8 Å². The lowest BCUT2D eigenvalue weighted by atomic mass is 9.45. The molecule has 4 rings (SSSR count). The molecule has 46 heavy (non-hydrogen) atoms. The molecule has 1 amide bonds. The topological polar surface area (TPSA) is 218 Å². The molecule has 0 bridgehead atoms. The zero-order chi connectivity index (χ0) is 33.9. The highest BCUT2D eigenvalue weighted by molar-refractivity contribution is 6.01. The summed E-state index contributed by atoms with van der Waals surface area (Å²) in [6, 6.07) is -1.71. The molecule has 0 radical (unpaired) electrons. The van der Waals surface area contributed by atoms with E-state index in [1.165, 1.54) is 12.2 Å². The number of ether oxygens (including phenoxy) is 3. The van der Waals surface area contributed by atoms with Gasteiger partial charge in [0.15, 0.2) is 29.9 Å². The van der Waals surface area contributed by atoms with Crippen LogP contribution in [0.2, 0.25) is 0 Å². The molecule has 0 saturated heterocycles. The fourth-order valence-corrected chi connectivity index (χ4v) is 8.03. The van der Waals surface area contributed by atoms with Crippen LogP contribution in [0.3, 0.4) is 0 Å². The zero-order valence-corrected chi connectivity index (χ0v) is 25.7. The lowest BCUT2D eigenvalue weighted by Gasteiger charge is -2.62. The first kappa shape index (κ1) is 35.4. The quantitative estimate of drug-likeness (QED) is 0.109. The predicted octanol–water partition coefficient (Wildman–Crippen LogP) is 2.67. The summed E-state index contributed by atoms with van der Waals surface area (Å²) >= 11 is 0. The number of rotatable bonds is 13. The second-order valence-electron chi connectivity index (χ2n) is 12.8. The van der Waals surface area contributed by atoms with Crippen LogP contribution in [0.25, 0.3) is 0 Å². The minimum absolute atomic E-state index is 0.00412. The van der Waals surface area contributed by atoms with Gasteiger partial charge < -0.3 is 29.7 Å². The van der Waals surface area contributed by atoms with Gasteiger partial charge in [0.05, 0.1) is 24.7 Å². The van der Waals surface area contributed by atoms with Crippen molar-refractivity contribution < 1.29 is 68.0 Å². The molecule has 3 fully saturated rings. The van der Waals surface area contributed by atoms with Gasteiger partial charge in [0.1, 0.15) is 6.61 Å². The summed E-state index contributed by atoms with van der Waals surface area (Å²) in [7, 11) is 0. The minimum atomic E-state index is -2.02. The number of allylic oxidation sites excluding steroid dienone is 4. The number of Topliss-reactive ketones (excluding diaryl/α,β-unsaturated/α-hetero) is 1. The standard InChI is InChI=1S/C30H41FN2O13/c1-28-14-24(36)30(31)20(6-5-17-13-18(34)9-10-29(17,30)2)19(28)7-8-21(28)23(35)16-44-26(39)32-22(25(37)38)15-45-27(40)43-11-3-4-12-46-33(41)42/h9-10,13,19-22,24,36,41-42H,3-8,11-12,14-16H2,1-2H3,(H,32,39)(H,37,38)/t19?,20-,21?,22?,24-,28-,29-,30?/m0/s1. The van der Waals surface area contributed by atoms with Crippen LogP contribution in [0.5, 0.6) is 0 Å². The first-order valence-corrected chi connectivity index (χ1v) is 15.2. The number of aliphatic carboxylic acids is 1. The number of carbonyl (C=O) groups is 5. The zero-order valence-electron chi connectivity index (χ0n) is 25.7. The van der Waals surface area contributed by atoms with E-state index in [-0.39, 0.29) is 37.8 Å². The van der Waals surface area contributed by atoms with Crippen molar-refractivity contribution in [1.29, 1.82) is 0 Å². The van der Waals surface area contributed by atoms with Crippen LogP contribution in [0.1, 0.15) is 58.8 Å². The summed E-state index contributed by atoms with van der Waals surface area (Å²) in [5.41, 5.74) is -3.28. The molecule has 0 spiro atoms. The molecular formula is C30H41FN2O13. The maximum atomic E-state index is 17.2. The number of halogens is 1. The largest absolute Gasteiger partial charge is 0.508 e. The van der Waals surface area contributed by atoms with E-state index in [1.807, 2.05) is 12.2 Å². The molecule has 4 unspecified atom stereocenters. The molecule has 3 saturated carbocycles. The van der Waals surface area contributed by atoms with Gasteiger partial charge in [-0.1, -0.05) is 18.6 Å². The highest BCUT2D eigenvalue weighted by Gasteiger charge is 2.70. The molecule has 8 atom stereocenters. The average molecular weight is 657 g/mol. The van der Waals surface area contributed by atoms with E-state index in [0.717, 1.165) is 0 Å². The fourth-order valence-electron chi connectivity index (χ4n) is 8.03. The summed E-state index contributed by atoms with van der Waals surface area (Å²) in [6.45, 7) is 1.89. The lowest BCUT2D eigenvalue weighted by molar-refractivity contribution is -0.492. The molecule has 4 aliphatic rings.